The number of rotatable bonds is 8. The Kier molecular flexibility index (Phi) is 6.91. The van der Waals surface area contributed by atoms with Crippen LogP contribution in [0.15, 0.2) is 77.7 Å². The Bertz CT molecular complexity index is 1150. The molecule has 31 heavy (non-hydrogen) atoms. The Morgan fingerprint density at radius 1 is 1.00 bits per heavy atom. The van der Waals surface area contributed by atoms with Gasteiger partial charge in [-0.25, -0.2) is 12.8 Å². The minimum Gasteiger partial charge on any atom is -0.491 e. The Labute approximate surface area is 181 Å². The van der Waals surface area contributed by atoms with Gasteiger partial charge in [-0.05, 0) is 67.1 Å². The van der Waals surface area contributed by atoms with Crippen molar-refractivity contribution < 1.29 is 22.3 Å². The van der Waals surface area contributed by atoms with Gasteiger partial charge in [-0.2, -0.15) is 0 Å². The number of sulfonamides is 1. The van der Waals surface area contributed by atoms with Gasteiger partial charge in [0.2, 0.25) is 0 Å². The number of carbonyl (C=O) groups is 1. The number of carbonyl (C=O) groups excluding carboxylic acids is 1. The summed E-state index contributed by atoms with van der Waals surface area (Å²) < 4.78 is 45.9. The lowest BCUT2D eigenvalue weighted by molar-refractivity contribution is 0.0773. The lowest BCUT2D eigenvalue weighted by Crippen LogP contribution is -2.30. The van der Waals surface area contributed by atoms with Gasteiger partial charge in [0.15, 0.2) is 0 Å². The van der Waals surface area contributed by atoms with E-state index in [4.69, 9.17) is 4.74 Å². The van der Waals surface area contributed by atoms with Crippen LogP contribution in [-0.2, 0) is 10.0 Å². The van der Waals surface area contributed by atoms with E-state index in [2.05, 4.69) is 4.72 Å². The number of hydrogen-bond acceptors (Lipinski definition) is 4. The van der Waals surface area contributed by atoms with Crippen molar-refractivity contribution in [2.24, 2.45) is 0 Å². The molecule has 0 aliphatic heterocycles. The fourth-order valence-electron chi connectivity index (χ4n) is 2.84. The van der Waals surface area contributed by atoms with E-state index in [9.17, 15) is 17.6 Å². The number of hydrogen-bond donors (Lipinski definition) is 1. The summed E-state index contributed by atoms with van der Waals surface area (Å²) in [6, 6.07) is 18.3. The van der Waals surface area contributed by atoms with Crippen LogP contribution < -0.4 is 9.46 Å². The minimum absolute atomic E-state index is 0.0533. The van der Waals surface area contributed by atoms with E-state index in [1.54, 1.807) is 19.2 Å². The molecule has 0 atom stereocenters. The number of ether oxygens (including phenoxy) is 1. The number of amides is 1. The summed E-state index contributed by atoms with van der Waals surface area (Å²) in [5, 5.41) is 0. The lowest BCUT2D eigenvalue weighted by atomic mass is 10.2. The highest BCUT2D eigenvalue weighted by molar-refractivity contribution is 7.92. The molecule has 8 heteroatoms. The number of nitrogens with one attached hydrogen (secondary N) is 1. The molecule has 3 rings (SSSR count). The molecule has 1 amide bonds. The van der Waals surface area contributed by atoms with Gasteiger partial charge in [0.25, 0.3) is 15.9 Å². The standard InChI is InChI=1S/C23H23FN2O4S/c1-17-5-3-4-6-22(17)30-16-15-26(2)23(27)18-7-11-20(12-8-18)25-31(28,29)21-13-9-19(24)10-14-21/h3-14,25H,15-16H2,1-2H3. The molecule has 0 aliphatic carbocycles. The summed E-state index contributed by atoms with van der Waals surface area (Å²) in [7, 11) is -2.17. The van der Waals surface area contributed by atoms with E-state index in [1.165, 1.54) is 29.2 Å². The van der Waals surface area contributed by atoms with Crippen molar-refractivity contribution in [2.75, 3.05) is 24.9 Å². The van der Waals surface area contributed by atoms with Gasteiger partial charge in [0.05, 0.1) is 11.4 Å². The van der Waals surface area contributed by atoms with E-state index >= 15 is 0 Å². The molecule has 0 saturated heterocycles. The van der Waals surface area contributed by atoms with Crippen molar-refractivity contribution in [1.82, 2.24) is 4.90 Å². The van der Waals surface area contributed by atoms with Gasteiger partial charge in [0, 0.05) is 18.3 Å². The van der Waals surface area contributed by atoms with Crippen molar-refractivity contribution >= 4 is 21.6 Å². The first-order valence-corrected chi connectivity index (χ1v) is 11.1. The number of benzene rings is 3. The first kappa shape index (κ1) is 22.3. The lowest BCUT2D eigenvalue weighted by Gasteiger charge is -2.18. The van der Waals surface area contributed by atoms with Crippen LogP contribution >= 0.6 is 0 Å². The van der Waals surface area contributed by atoms with Gasteiger partial charge >= 0.3 is 0 Å². The van der Waals surface area contributed by atoms with E-state index in [-0.39, 0.29) is 10.8 Å². The maximum Gasteiger partial charge on any atom is 0.261 e. The van der Waals surface area contributed by atoms with Crippen molar-refractivity contribution in [3.8, 4) is 5.75 Å². The molecule has 0 aromatic heterocycles. The summed E-state index contributed by atoms with van der Waals surface area (Å²) in [6.07, 6.45) is 0. The average Bonchev–Trinajstić information content (AvgIpc) is 2.75. The number of halogens is 1. The normalized spacial score (nSPS) is 11.1. The van der Waals surface area contributed by atoms with Crippen molar-refractivity contribution in [2.45, 2.75) is 11.8 Å². The molecule has 0 unspecified atom stereocenters. The third-order valence-electron chi connectivity index (χ3n) is 4.63. The maximum atomic E-state index is 13.0. The molecule has 0 heterocycles. The van der Waals surface area contributed by atoms with Gasteiger partial charge in [-0.3, -0.25) is 9.52 Å². The quantitative estimate of drug-likeness (QED) is 0.570. The van der Waals surface area contributed by atoms with Crippen LogP contribution in [0.25, 0.3) is 0 Å². The first-order chi connectivity index (χ1) is 14.8. The number of para-hydroxylation sites is 1. The van der Waals surface area contributed by atoms with E-state index in [1.807, 2.05) is 31.2 Å². The number of likely N-dealkylation sites (N-methyl/N-ethyl adjacent to an activating group) is 1. The van der Waals surface area contributed by atoms with E-state index in [0.717, 1.165) is 23.4 Å². The second-order valence-corrected chi connectivity index (χ2v) is 8.66. The molecular weight excluding hydrogens is 419 g/mol. The van der Waals surface area contributed by atoms with Crippen LogP contribution in [0.3, 0.4) is 0 Å². The van der Waals surface area contributed by atoms with Crippen molar-refractivity contribution in [3.63, 3.8) is 0 Å². The van der Waals surface area contributed by atoms with Crippen molar-refractivity contribution in [3.05, 3.63) is 89.7 Å². The molecule has 3 aromatic rings. The molecule has 0 saturated carbocycles. The summed E-state index contributed by atoms with van der Waals surface area (Å²) in [6.45, 7) is 2.70. The van der Waals surface area contributed by atoms with Gasteiger partial charge in [0.1, 0.15) is 18.2 Å². The third kappa shape index (κ3) is 5.82. The smallest absolute Gasteiger partial charge is 0.261 e. The van der Waals surface area contributed by atoms with Crippen LogP contribution in [-0.4, -0.2) is 39.4 Å². The molecule has 162 valence electrons. The van der Waals surface area contributed by atoms with Crippen LogP contribution in [0.1, 0.15) is 15.9 Å². The Balaban J connectivity index is 1.58. The summed E-state index contributed by atoms with van der Waals surface area (Å²) in [4.78, 5) is 14.1. The van der Waals surface area contributed by atoms with Gasteiger partial charge in [-0.15, -0.1) is 0 Å². The zero-order valence-corrected chi connectivity index (χ0v) is 18.0. The largest absolute Gasteiger partial charge is 0.491 e. The SMILES string of the molecule is Cc1ccccc1OCCN(C)C(=O)c1ccc(NS(=O)(=O)c2ccc(F)cc2)cc1. The minimum atomic E-state index is -3.85. The fraction of sp³-hybridized carbons (Fsp3) is 0.174. The number of nitrogens with zero attached hydrogens (tertiary/aromatic N) is 1. The molecule has 3 aromatic carbocycles. The van der Waals surface area contributed by atoms with Crippen LogP contribution in [0, 0.1) is 12.7 Å². The topological polar surface area (TPSA) is 75.7 Å². The molecule has 0 aliphatic rings. The Morgan fingerprint density at radius 3 is 2.29 bits per heavy atom. The summed E-state index contributed by atoms with van der Waals surface area (Å²) >= 11 is 0. The Hall–Kier alpha value is -3.39. The highest BCUT2D eigenvalue weighted by Crippen LogP contribution is 2.18. The monoisotopic (exact) mass is 442 g/mol. The number of anilines is 1. The van der Waals surface area contributed by atoms with Gasteiger partial charge < -0.3 is 9.64 Å². The molecular formula is C23H23FN2O4S. The zero-order valence-electron chi connectivity index (χ0n) is 17.2. The molecule has 0 radical (unpaired) electrons. The maximum absolute atomic E-state index is 13.0. The average molecular weight is 443 g/mol. The summed E-state index contributed by atoms with van der Waals surface area (Å²) in [5.41, 5.74) is 1.74. The highest BCUT2D eigenvalue weighted by atomic mass is 32.2. The predicted octanol–water partition coefficient (Wildman–Crippen LogP) is 4.09. The second-order valence-electron chi connectivity index (χ2n) is 6.98. The molecule has 0 spiro atoms. The second kappa shape index (κ2) is 9.61. The molecule has 1 N–H and O–H groups in total. The van der Waals surface area contributed by atoms with Crippen LogP contribution in [0.4, 0.5) is 10.1 Å². The molecule has 0 bridgehead atoms. The van der Waals surface area contributed by atoms with Crippen molar-refractivity contribution in [1.29, 1.82) is 0 Å². The van der Waals surface area contributed by atoms with Gasteiger partial charge in [-0.1, -0.05) is 18.2 Å². The van der Waals surface area contributed by atoms with Crippen LogP contribution in [0.2, 0.25) is 0 Å². The fourth-order valence-corrected chi connectivity index (χ4v) is 3.90. The predicted molar refractivity (Wildman–Crippen MR) is 117 cm³/mol. The number of aryl methyl sites for hydroxylation is 1. The van der Waals surface area contributed by atoms with Crippen LogP contribution in [0.5, 0.6) is 5.75 Å². The Morgan fingerprint density at radius 2 is 1.65 bits per heavy atom. The van der Waals surface area contributed by atoms with E-state index < -0.39 is 15.8 Å². The molecule has 6 nitrogen and oxygen atoms in total. The molecule has 0 fully saturated rings. The zero-order chi connectivity index (χ0) is 22.4. The third-order valence-corrected chi connectivity index (χ3v) is 6.03. The highest BCUT2D eigenvalue weighted by Gasteiger charge is 2.16. The summed E-state index contributed by atoms with van der Waals surface area (Å²) in [5.74, 6) is 0.0534. The first-order valence-electron chi connectivity index (χ1n) is 9.58. The van der Waals surface area contributed by atoms with E-state index in [0.29, 0.717) is 24.4 Å².